The van der Waals surface area contributed by atoms with Crippen molar-refractivity contribution >= 4 is 47.0 Å². The van der Waals surface area contributed by atoms with Gasteiger partial charge in [-0.3, -0.25) is 19.2 Å². The zero-order valence-electron chi connectivity index (χ0n) is 27.9. The third-order valence-electron chi connectivity index (χ3n) is 6.16. The van der Waals surface area contributed by atoms with Crippen molar-refractivity contribution in [3.63, 3.8) is 0 Å². The van der Waals surface area contributed by atoms with Crippen LogP contribution < -0.4 is 0 Å². The highest BCUT2D eigenvalue weighted by Gasteiger charge is 2.14. The summed E-state index contributed by atoms with van der Waals surface area (Å²) in [4.78, 5) is 83.6. The molecule has 4 aromatic rings. The highest BCUT2D eigenvalue weighted by molar-refractivity contribution is 6.34. The molecule has 0 spiro atoms. The van der Waals surface area contributed by atoms with Gasteiger partial charge >= 0.3 is 23.9 Å². The van der Waals surface area contributed by atoms with E-state index in [1.165, 1.54) is 97.1 Å². The fraction of sp³-hybridized carbons (Fsp3) is 0.111. The minimum absolute atomic E-state index is 0. The summed E-state index contributed by atoms with van der Waals surface area (Å²) in [5, 5.41) is 68.8. The van der Waals surface area contributed by atoms with Gasteiger partial charge in [0.05, 0.1) is 0 Å². The van der Waals surface area contributed by atoms with Gasteiger partial charge in [-0.2, -0.15) is 0 Å². The second-order valence-corrected chi connectivity index (χ2v) is 10.3. The predicted octanol–water partition coefficient (Wildman–Crippen LogP) is 0.704. The van der Waals surface area contributed by atoms with Crippen molar-refractivity contribution in [2.45, 2.75) is 25.7 Å². The van der Waals surface area contributed by atoms with Gasteiger partial charge in [0.2, 0.25) is 23.1 Å². The van der Waals surface area contributed by atoms with E-state index in [0.717, 1.165) is 0 Å². The molecule has 0 fully saturated rings. The van der Waals surface area contributed by atoms with E-state index in [2.05, 4.69) is 0 Å². The van der Waals surface area contributed by atoms with E-state index in [0.29, 0.717) is 22.3 Å². The molecule has 0 aliphatic carbocycles. The molecule has 0 radical (unpaired) electrons. The number of aromatic hydroxyl groups is 4. The third-order valence-corrected chi connectivity index (χ3v) is 6.16. The van der Waals surface area contributed by atoms with Crippen LogP contribution in [0.3, 0.4) is 0 Å². The van der Waals surface area contributed by atoms with Gasteiger partial charge in [-0.15, -0.1) is 0 Å². The average Bonchev–Trinajstić information content (AvgIpc) is 3.09. The zero-order chi connectivity index (χ0) is 39.4. The van der Waals surface area contributed by atoms with Gasteiger partial charge in [-0.1, -0.05) is 48.5 Å². The SMILES string of the molecule is O.O.O=C(O)C(=O)Cc1ccc(O)cc1.O=C(O)C(=O)Cc1ccc(O)cc1.O=C(O)C(=O)Cc1ccc(O)cc1.O=C(O)C(=O)Cc1ccc(O)cc1. The van der Waals surface area contributed by atoms with Gasteiger partial charge in [0.15, 0.2) is 0 Å². The van der Waals surface area contributed by atoms with Crippen LogP contribution >= 0.6 is 0 Å². The van der Waals surface area contributed by atoms with Crippen LogP contribution in [0.5, 0.6) is 23.0 Å². The van der Waals surface area contributed by atoms with Gasteiger partial charge in [-0.05, 0) is 70.8 Å². The highest BCUT2D eigenvalue weighted by Crippen LogP contribution is 2.12. The molecule has 0 aliphatic rings. The van der Waals surface area contributed by atoms with E-state index in [4.69, 9.17) is 40.9 Å². The number of carboxylic acids is 4. The Bertz CT molecular complexity index is 1590. The van der Waals surface area contributed by atoms with Crippen LogP contribution in [-0.2, 0) is 64.0 Å². The minimum Gasteiger partial charge on any atom is -0.508 e. The first kappa shape index (κ1) is 48.7. The Morgan fingerprint density at radius 1 is 0.296 bits per heavy atom. The summed E-state index contributed by atoms with van der Waals surface area (Å²) in [6.07, 6.45) is -0.573. The molecule has 0 saturated carbocycles. The number of carboxylic acid groups (broad SMARTS) is 4. The number of Topliss-reactive ketones (excluding diaryl/α,β-unsaturated/α-hetero) is 4. The molecule has 4 aromatic carbocycles. The molecule has 54 heavy (non-hydrogen) atoms. The third kappa shape index (κ3) is 20.3. The Hall–Kier alpha value is -7.44. The molecule has 12 N–H and O–H groups in total. The maximum atomic E-state index is 10.7. The topological polar surface area (TPSA) is 361 Å². The summed E-state index contributed by atoms with van der Waals surface area (Å²) < 4.78 is 0. The predicted molar refractivity (Wildman–Crippen MR) is 185 cm³/mol. The van der Waals surface area contributed by atoms with Crippen molar-refractivity contribution in [3.05, 3.63) is 119 Å². The maximum Gasteiger partial charge on any atom is 0.372 e. The number of aliphatic carboxylic acids is 4. The first-order chi connectivity index (χ1) is 24.4. The number of hydrogen-bond acceptors (Lipinski definition) is 12. The summed E-state index contributed by atoms with van der Waals surface area (Å²) in [5.41, 5.74) is 2.30. The molecule has 0 unspecified atom stereocenters. The number of benzene rings is 4. The number of rotatable bonds is 12. The number of carbonyl (C=O) groups is 8. The van der Waals surface area contributed by atoms with Crippen molar-refractivity contribution in [2.24, 2.45) is 0 Å². The first-order valence-corrected chi connectivity index (χ1v) is 14.5. The van der Waals surface area contributed by atoms with Crippen LogP contribution in [-0.4, -0.2) is 98.8 Å². The maximum absolute atomic E-state index is 10.7. The standard InChI is InChI=1S/4C9H8O4.2H2O/c4*10-7-3-1-6(2-4-7)5-8(11)9(12)13;;/h4*1-4,10H,5H2,(H,12,13);2*1H2. The smallest absolute Gasteiger partial charge is 0.372 e. The molecule has 4 rings (SSSR count). The number of phenolic OH excluding ortho intramolecular Hbond substituents is 4. The van der Waals surface area contributed by atoms with Crippen LogP contribution in [0.25, 0.3) is 0 Å². The molecule has 0 amide bonds. The second-order valence-electron chi connectivity index (χ2n) is 10.3. The van der Waals surface area contributed by atoms with Crippen LogP contribution in [0.4, 0.5) is 0 Å². The molecular weight excluding hydrogens is 720 g/mol. The molecule has 0 aromatic heterocycles. The molecule has 0 saturated heterocycles. The van der Waals surface area contributed by atoms with Gasteiger partial charge in [-0.25, -0.2) is 19.2 Å². The number of phenols is 4. The lowest BCUT2D eigenvalue weighted by molar-refractivity contribution is -0.148. The number of hydrogen-bond donors (Lipinski definition) is 8. The lowest BCUT2D eigenvalue weighted by atomic mass is 10.1. The van der Waals surface area contributed by atoms with Crippen molar-refractivity contribution in [2.75, 3.05) is 0 Å². The van der Waals surface area contributed by atoms with E-state index >= 15 is 0 Å². The number of ketones is 4. The van der Waals surface area contributed by atoms with E-state index in [1.807, 2.05) is 0 Å². The van der Waals surface area contributed by atoms with E-state index < -0.39 is 47.0 Å². The fourth-order valence-corrected chi connectivity index (χ4v) is 3.50. The van der Waals surface area contributed by atoms with Crippen LogP contribution in [0.1, 0.15) is 22.3 Å². The molecule has 0 atom stereocenters. The van der Waals surface area contributed by atoms with Crippen molar-refractivity contribution in [1.29, 1.82) is 0 Å². The highest BCUT2D eigenvalue weighted by atomic mass is 16.4. The summed E-state index contributed by atoms with van der Waals surface area (Å²) >= 11 is 0. The lowest BCUT2D eigenvalue weighted by Crippen LogP contribution is -2.14. The summed E-state index contributed by atoms with van der Waals surface area (Å²) in [7, 11) is 0. The normalized spacial score (nSPS) is 9.19. The molecule has 0 aliphatic heterocycles. The van der Waals surface area contributed by atoms with Crippen molar-refractivity contribution in [3.8, 4) is 23.0 Å². The van der Waals surface area contributed by atoms with Gasteiger partial charge in [0.25, 0.3) is 0 Å². The van der Waals surface area contributed by atoms with E-state index in [1.54, 1.807) is 0 Å². The molecule has 18 nitrogen and oxygen atoms in total. The van der Waals surface area contributed by atoms with Crippen LogP contribution in [0.15, 0.2) is 97.1 Å². The summed E-state index contributed by atoms with van der Waals surface area (Å²) in [6, 6.07) is 23.3. The van der Waals surface area contributed by atoms with Gasteiger partial charge in [0.1, 0.15) is 23.0 Å². The largest absolute Gasteiger partial charge is 0.508 e. The molecule has 0 heterocycles. The van der Waals surface area contributed by atoms with Crippen LogP contribution in [0.2, 0.25) is 0 Å². The molecular formula is C36H36O18. The van der Waals surface area contributed by atoms with Gasteiger partial charge in [0, 0.05) is 25.7 Å². The Kier molecular flexibility index (Phi) is 22.2. The molecule has 0 bridgehead atoms. The Morgan fingerprint density at radius 2 is 0.426 bits per heavy atom. The first-order valence-electron chi connectivity index (χ1n) is 14.5. The fourth-order valence-electron chi connectivity index (χ4n) is 3.50. The zero-order valence-corrected chi connectivity index (χ0v) is 27.9. The second kappa shape index (κ2) is 24.7. The Balaban J connectivity index is 0. The quantitative estimate of drug-likeness (QED) is 0.0922. The molecule has 288 valence electrons. The Labute approximate surface area is 305 Å². The van der Waals surface area contributed by atoms with Crippen molar-refractivity contribution < 1.29 is 90.2 Å². The lowest BCUT2D eigenvalue weighted by Gasteiger charge is -1.97. The van der Waals surface area contributed by atoms with Crippen LogP contribution in [0, 0.1) is 0 Å². The molecule has 18 heteroatoms. The van der Waals surface area contributed by atoms with Crippen molar-refractivity contribution in [1.82, 2.24) is 0 Å². The summed E-state index contributed by atoms with van der Waals surface area (Å²) in [6.45, 7) is 0. The summed E-state index contributed by atoms with van der Waals surface area (Å²) in [5.74, 6) is -8.81. The Morgan fingerprint density at radius 3 is 0.537 bits per heavy atom. The van der Waals surface area contributed by atoms with E-state index in [-0.39, 0.29) is 59.6 Å². The monoisotopic (exact) mass is 756 g/mol. The van der Waals surface area contributed by atoms with Gasteiger partial charge < -0.3 is 51.8 Å². The van der Waals surface area contributed by atoms with E-state index in [9.17, 15) is 38.4 Å². The number of carbonyl (C=O) groups excluding carboxylic acids is 4. The average molecular weight is 757 g/mol. The minimum atomic E-state index is -1.44.